The number of carbonyl (C=O) groups excluding carboxylic acids is 2. The first-order valence-electron chi connectivity index (χ1n) is 6.19. The molecule has 1 aromatic heterocycles. The van der Waals surface area contributed by atoms with Gasteiger partial charge in [0.15, 0.2) is 5.69 Å². The smallest absolute Gasteiger partial charge is 0.358 e. The predicted molar refractivity (Wildman–Crippen MR) is 80.5 cm³/mol. The Morgan fingerprint density at radius 2 is 2.05 bits per heavy atom. The molecule has 0 aliphatic carbocycles. The fourth-order valence-corrected chi connectivity index (χ4v) is 2.29. The Kier molecular flexibility index (Phi) is 4.84. The molecule has 2 rings (SSSR count). The summed E-state index contributed by atoms with van der Waals surface area (Å²) in [6, 6.07) is 9.39. The van der Waals surface area contributed by atoms with Gasteiger partial charge in [0.1, 0.15) is 11.6 Å². The molecular formula is C15H14N2O3S. The third-order valence-electron chi connectivity index (χ3n) is 2.51. The highest BCUT2D eigenvalue weighted by molar-refractivity contribution is 7.11. The van der Waals surface area contributed by atoms with Crippen molar-refractivity contribution >= 4 is 28.9 Å². The normalized spacial score (nSPS) is 9.95. The molecule has 0 fully saturated rings. The molecule has 0 spiro atoms. The number of esters is 1. The Hall–Kier alpha value is -2.47. The lowest BCUT2D eigenvalue weighted by Crippen LogP contribution is -2.17. The Bertz CT molecular complexity index is 665. The maximum Gasteiger partial charge on any atom is 0.358 e. The second-order valence-corrected chi connectivity index (χ2v) is 5.12. The van der Waals surface area contributed by atoms with Crippen LogP contribution in [-0.2, 0) is 16.1 Å². The molecule has 21 heavy (non-hydrogen) atoms. The van der Waals surface area contributed by atoms with Gasteiger partial charge in [0.25, 0.3) is 0 Å². The summed E-state index contributed by atoms with van der Waals surface area (Å²) in [4.78, 5) is 26.9. The molecule has 108 valence electrons. The summed E-state index contributed by atoms with van der Waals surface area (Å²) in [7, 11) is 0. The van der Waals surface area contributed by atoms with Gasteiger partial charge in [-0.05, 0) is 5.56 Å². The minimum atomic E-state index is -0.503. The van der Waals surface area contributed by atoms with Crippen molar-refractivity contribution in [3.05, 3.63) is 58.6 Å². The first-order valence-corrected chi connectivity index (χ1v) is 7.07. The van der Waals surface area contributed by atoms with Crippen molar-refractivity contribution < 1.29 is 14.3 Å². The number of amides is 1. The molecule has 2 aromatic rings. The number of hydrogen-bond acceptors (Lipinski definition) is 5. The molecule has 0 saturated heterocycles. The molecule has 5 nitrogen and oxygen atoms in total. The van der Waals surface area contributed by atoms with Crippen molar-refractivity contribution in [2.75, 3.05) is 0 Å². The van der Waals surface area contributed by atoms with Crippen LogP contribution in [0.3, 0.4) is 0 Å². The van der Waals surface area contributed by atoms with E-state index in [2.05, 4.69) is 16.9 Å². The molecule has 0 bridgehead atoms. The van der Waals surface area contributed by atoms with Gasteiger partial charge in [-0.3, -0.25) is 4.79 Å². The van der Waals surface area contributed by atoms with Crippen LogP contribution in [-0.4, -0.2) is 16.9 Å². The van der Waals surface area contributed by atoms with Gasteiger partial charge in [0, 0.05) is 12.3 Å². The number of benzene rings is 1. The van der Waals surface area contributed by atoms with Gasteiger partial charge in [-0.1, -0.05) is 36.9 Å². The lowest BCUT2D eigenvalue weighted by atomic mass is 10.2. The number of aromatic nitrogens is 1. The fraction of sp³-hybridized carbons (Fsp3) is 0.133. The molecule has 0 unspecified atom stereocenters. The van der Waals surface area contributed by atoms with Crippen molar-refractivity contribution in [2.24, 2.45) is 0 Å². The molecule has 6 heteroatoms. The van der Waals surface area contributed by atoms with Gasteiger partial charge < -0.3 is 10.1 Å². The van der Waals surface area contributed by atoms with Crippen LogP contribution in [0.15, 0.2) is 42.3 Å². The molecule has 1 N–H and O–H groups in total. The zero-order valence-corrected chi connectivity index (χ0v) is 12.3. The van der Waals surface area contributed by atoms with Crippen molar-refractivity contribution in [3.8, 4) is 0 Å². The van der Waals surface area contributed by atoms with E-state index in [1.807, 2.05) is 30.3 Å². The average Bonchev–Trinajstić information content (AvgIpc) is 2.95. The van der Waals surface area contributed by atoms with Crippen LogP contribution in [0.5, 0.6) is 0 Å². The van der Waals surface area contributed by atoms with Gasteiger partial charge in [-0.25, -0.2) is 9.78 Å². The van der Waals surface area contributed by atoms with E-state index in [9.17, 15) is 9.59 Å². The minimum Gasteiger partial charge on any atom is -0.456 e. The van der Waals surface area contributed by atoms with Crippen molar-refractivity contribution in [1.29, 1.82) is 0 Å². The number of ether oxygens (including phenoxy) is 1. The zero-order chi connectivity index (χ0) is 15.2. The van der Waals surface area contributed by atoms with E-state index in [0.717, 1.165) is 5.56 Å². The number of carbonyl (C=O) groups is 2. The van der Waals surface area contributed by atoms with Crippen LogP contribution in [0.25, 0.3) is 5.70 Å². The topological polar surface area (TPSA) is 68.3 Å². The zero-order valence-electron chi connectivity index (χ0n) is 11.5. The number of thiazole rings is 1. The van der Waals surface area contributed by atoms with Crippen LogP contribution in [0.1, 0.15) is 28.0 Å². The first kappa shape index (κ1) is 14.9. The average molecular weight is 302 g/mol. The molecule has 1 aromatic carbocycles. The molecular weight excluding hydrogens is 288 g/mol. The molecule has 0 radical (unpaired) electrons. The largest absolute Gasteiger partial charge is 0.456 e. The monoisotopic (exact) mass is 302 g/mol. The molecule has 0 atom stereocenters. The Morgan fingerprint density at radius 1 is 1.33 bits per heavy atom. The van der Waals surface area contributed by atoms with E-state index in [1.54, 1.807) is 5.38 Å². The lowest BCUT2D eigenvalue weighted by Gasteiger charge is -2.03. The maximum atomic E-state index is 11.9. The Balaban J connectivity index is 1.96. The summed E-state index contributed by atoms with van der Waals surface area (Å²) in [6.45, 7) is 5.27. The van der Waals surface area contributed by atoms with Gasteiger partial charge in [0.2, 0.25) is 5.91 Å². The summed E-state index contributed by atoms with van der Waals surface area (Å²) in [5.41, 5.74) is 1.48. The number of nitrogens with zero attached hydrogens (tertiary/aromatic N) is 1. The summed E-state index contributed by atoms with van der Waals surface area (Å²) >= 11 is 1.22. The van der Waals surface area contributed by atoms with Crippen molar-refractivity contribution in [2.45, 2.75) is 13.5 Å². The van der Waals surface area contributed by atoms with E-state index < -0.39 is 5.97 Å². The molecule has 1 heterocycles. The summed E-state index contributed by atoms with van der Waals surface area (Å²) < 4.78 is 5.18. The quantitative estimate of drug-likeness (QED) is 0.862. The lowest BCUT2D eigenvalue weighted by molar-refractivity contribution is -0.117. The van der Waals surface area contributed by atoms with Crippen molar-refractivity contribution in [3.63, 3.8) is 0 Å². The minimum absolute atomic E-state index is 0.194. The van der Waals surface area contributed by atoms with Crippen LogP contribution in [0.4, 0.5) is 0 Å². The van der Waals surface area contributed by atoms with Crippen LogP contribution < -0.4 is 5.32 Å². The van der Waals surface area contributed by atoms with E-state index in [-0.39, 0.29) is 18.2 Å². The third-order valence-corrected chi connectivity index (χ3v) is 3.41. The second kappa shape index (κ2) is 6.81. The summed E-state index contributed by atoms with van der Waals surface area (Å²) in [6.07, 6.45) is 0. The number of nitrogens with one attached hydrogen (secondary N) is 1. The first-order chi connectivity index (χ1) is 10.1. The fourth-order valence-electron chi connectivity index (χ4n) is 1.57. The molecule has 0 aliphatic rings. The Labute approximate surface area is 126 Å². The molecule has 1 amide bonds. The van der Waals surface area contributed by atoms with Crippen LogP contribution in [0.2, 0.25) is 0 Å². The van der Waals surface area contributed by atoms with Crippen LogP contribution >= 0.6 is 11.3 Å². The highest BCUT2D eigenvalue weighted by Gasteiger charge is 2.14. The standard InChI is InChI=1S/C15H14N2O3S/c1-10(16-11(2)18)14-17-13(9-21-14)15(19)20-8-12-6-4-3-5-7-12/h3-7,9H,1,8H2,2H3,(H,16,18). The Morgan fingerprint density at radius 3 is 2.71 bits per heavy atom. The number of rotatable bonds is 5. The highest BCUT2D eigenvalue weighted by atomic mass is 32.1. The number of hydrogen-bond donors (Lipinski definition) is 1. The molecule has 0 aliphatic heterocycles. The van der Waals surface area contributed by atoms with E-state index in [1.165, 1.54) is 18.3 Å². The summed E-state index contributed by atoms with van der Waals surface area (Å²) in [5, 5.41) is 4.59. The van der Waals surface area contributed by atoms with Gasteiger partial charge in [0.05, 0.1) is 5.70 Å². The predicted octanol–water partition coefficient (Wildman–Crippen LogP) is 2.61. The third kappa shape index (κ3) is 4.25. The maximum absolute atomic E-state index is 11.9. The summed E-state index contributed by atoms with van der Waals surface area (Å²) in [5.74, 6) is -0.736. The molecule has 0 saturated carbocycles. The van der Waals surface area contributed by atoms with Gasteiger partial charge in [-0.15, -0.1) is 11.3 Å². The van der Waals surface area contributed by atoms with Crippen LogP contribution in [0, 0.1) is 0 Å². The van der Waals surface area contributed by atoms with Gasteiger partial charge in [-0.2, -0.15) is 0 Å². The second-order valence-electron chi connectivity index (χ2n) is 4.26. The highest BCUT2D eigenvalue weighted by Crippen LogP contribution is 2.17. The SMILES string of the molecule is C=C(NC(C)=O)c1nc(C(=O)OCc2ccccc2)cs1. The van der Waals surface area contributed by atoms with E-state index in [4.69, 9.17) is 4.74 Å². The van der Waals surface area contributed by atoms with Crippen molar-refractivity contribution in [1.82, 2.24) is 10.3 Å². The van der Waals surface area contributed by atoms with E-state index >= 15 is 0 Å². The van der Waals surface area contributed by atoms with E-state index in [0.29, 0.717) is 10.7 Å². The van der Waals surface area contributed by atoms with Gasteiger partial charge >= 0.3 is 5.97 Å².